The topological polar surface area (TPSA) is 64.6 Å². The molecule has 0 amide bonds. The number of sulfonamides is 1. The third-order valence-corrected chi connectivity index (χ3v) is 6.50. The van der Waals surface area contributed by atoms with Crippen LogP contribution in [0.1, 0.15) is 29.5 Å². The lowest BCUT2D eigenvalue weighted by Gasteiger charge is -2.23. The van der Waals surface area contributed by atoms with Gasteiger partial charge in [-0.3, -0.25) is 0 Å². The molecule has 1 fully saturated rings. The fourth-order valence-electron chi connectivity index (χ4n) is 3.11. The summed E-state index contributed by atoms with van der Waals surface area (Å²) in [5, 5.41) is 0. The van der Waals surface area contributed by atoms with Gasteiger partial charge < -0.3 is 9.47 Å². The predicted molar refractivity (Wildman–Crippen MR) is 94.6 cm³/mol. The maximum Gasteiger partial charge on any atom is 0.241 e. The summed E-state index contributed by atoms with van der Waals surface area (Å²) in [7, 11) is -3.59. The van der Waals surface area contributed by atoms with Crippen molar-refractivity contribution < 1.29 is 17.9 Å². The van der Waals surface area contributed by atoms with Crippen LogP contribution in [0.4, 0.5) is 0 Å². The van der Waals surface area contributed by atoms with Crippen molar-refractivity contribution in [2.75, 3.05) is 13.2 Å². The molecule has 6 heteroatoms. The molecule has 2 aromatic rings. The maximum absolute atomic E-state index is 12.8. The number of benzene rings is 2. The minimum Gasteiger partial charge on any atom is -0.486 e. The molecule has 2 aromatic carbocycles. The monoisotopic (exact) mass is 359 g/mol. The number of rotatable bonds is 4. The van der Waals surface area contributed by atoms with Gasteiger partial charge in [-0.1, -0.05) is 12.1 Å². The Morgan fingerprint density at radius 1 is 0.920 bits per heavy atom. The number of nitrogens with one attached hydrogen (secondary N) is 1. The molecule has 1 N–H and O–H groups in total. The Morgan fingerprint density at radius 3 is 2.32 bits per heavy atom. The van der Waals surface area contributed by atoms with E-state index in [1.54, 1.807) is 12.1 Å². The van der Waals surface area contributed by atoms with E-state index >= 15 is 0 Å². The van der Waals surface area contributed by atoms with E-state index in [1.165, 1.54) is 0 Å². The number of hydrogen-bond donors (Lipinski definition) is 1. The Balaban J connectivity index is 1.64. The van der Waals surface area contributed by atoms with Gasteiger partial charge in [-0.2, -0.15) is 0 Å². The second-order valence-corrected chi connectivity index (χ2v) is 8.47. The van der Waals surface area contributed by atoms with Crippen LogP contribution in [0.15, 0.2) is 41.3 Å². The first-order valence-corrected chi connectivity index (χ1v) is 9.89. The van der Waals surface area contributed by atoms with Crippen molar-refractivity contribution in [3.05, 3.63) is 53.1 Å². The molecule has 0 bridgehead atoms. The standard InChI is InChI=1S/C19H21NO4S/c1-13-3-5-16(11-14(13)2)25(21,22)20-19(7-8-19)15-4-6-17-18(12-15)24-10-9-23-17/h3-6,11-12,20H,7-10H2,1-2H3. The molecule has 1 heterocycles. The van der Waals surface area contributed by atoms with Gasteiger partial charge in [0.1, 0.15) is 13.2 Å². The summed E-state index contributed by atoms with van der Waals surface area (Å²) in [5.74, 6) is 1.39. The molecule has 0 unspecified atom stereocenters. The number of aryl methyl sites for hydroxylation is 2. The van der Waals surface area contributed by atoms with Gasteiger partial charge >= 0.3 is 0 Å². The van der Waals surface area contributed by atoms with Gasteiger partial charge in [0.25, 0.3) is 0 Å². The van der Waals surface area contributed by atoms with Crippen molar-refractivity contribution >= 4 is 10.0 Å². The summed E-state index contributed by atoms with van der Waals surface area (Å²) in [5.41, 5.74) is 2.41. The fraction of sp³-hybridized carbons (Fsp3) is 0.368. The highest BCUT2D eigenvalue weighted by molar-refractivity contribution is 7.89. The summed E-state index contributed by atoms with van der Waals surface area (Å²) in [6.07, 6.45) is 1.55. The van der Waals surface area contributed by atoms with Gasteiger partial charge in [-0.15, -0.1) is 0 Å². The van der Waals surface area contributed by atoms with Crippen molar-refractivity contribution in [1.29, 1.82) is 0 Å². The smallest absolute Gasteiger partial charge is 0.241 e. The van der Waals surface area contributed by atoms with E-state index in [2.05, 4.69) is 4.72 Å². The lowest BCUT2D eigenvalue weighted by Crippen LogP contribution is -2.35. The first kappa shape index (κ1) is 16.4. The van der Waals surface area contributed by atoms with E-state index in [0.717, 1.165) is 29.5 Å². The van der Waals surface area contributed by atoms with Crippen molar-refractivity contribution in [1.82, 2.24) is 4.72 Å². The Labute approximate surface area is 148 Å². The van der Waals surface area contributed by atoms with E-state index < -0.39 is 15.6 Å². The van der Waals surface area contributed by atoms with Crippen LogP contribution in [0.2, 0.25) is 0 Å². The van der Waals surface area contributed by atoms with Crippen LogP contribution in [-0.4, -0.2) is 21.6 Å². The SMILES string of the molecule is Cc1ccc(S(=O)(=O)NC2(c3ccc4c(c3)OCCO4)CC2)cc1C. The zero-order valence-electron chi connectivity index (χ0n) is 14.3. The van der Waals surface area contributed by atoms with Crippen LogP contribution in [0, 0.1) is 13.8 Å². The van der Waals surface area contributed by atoms with E-state index in [-0.39, 0.29) is 0 Å². The van der Waals surface area contributed by atoms with Crippen molar-refractivity contribution in [3.63, 3.8) is 0 Å². The summed E-state index contributed by atoms with van der Waals surface area (Å²) in [6.45, 7) is 4.94. The Kier molecular flexibility index (Phi) is 3.77. The van der Waals surface area contributed by atoms with E-state index in [9.17, 15) is 8.42 Å². The Bertz CT molecular complexity index is 932. The van der Waals surface area contributed by atoms with E-state index in [1.807, 2.05) is 38.1 Å². The quantitative estimate of drug-likeness (QED) is 0.911. The average molecular weight is 359 g/mol. The third kappa shape index (κ3) is 3.00. The zero-order chi connectivity index (χ0) is 17.7. The minimum absolute atomic E-state index is 0.305. The molecule has 0 aromatic heterocycles. The first-order valence-electron chi connectivity index (χ1n) is 8.41. The van der Waals surface area contributed by atoms with Crippen molar-refractivity contribution in [2.45, 2.75) is 37.1 Å². The molecule has 0 radical (unpaired) electrons. The Hall–Kier alpha value is -2.05. The normalized spacial score (nSPS) is 18.0. The molecular formula is C19H21NO4S. The molecular weight excluding hydrogens is 338 g/mol. The molecule has 5 nitrogen and oxygen atoms in total. The number of ether oxygens (including phenoxy) is 2. The number of fused-ring (bicyclic) bond motifs is 1. The molecule has 0 saturated heterocycles. The molecule has 1 saturated carbocycles. The summed E-state index contributed by atoms with van der Waals surface area (Å²) in [4.78, 5) is 0.305. The van der Waals surface area contributed by atoms with Crippen molar-refractivity contribution in [3.8, 4) is 11.5 Å². The highest BCUT2D eigenvalue weighted by Gasteiger charge is 2.48. The van der Waals surface area contributed by atoms with Crippen LogP contribution < -0.4 is 14.2 Å². The summed E-state index contributed by atoms with van der Waals surface area (Å²) in [6, 6.07) is 10.9. The Morgan fingerprint density at radius 2 is 1.64 bits per heavy atom. The van der Waals surface area contributed by atoms with Crippen LogP contribution in [0.3, 0.4) is 0 Å². The molecule has 132 valence electrons. The van der Waals surface area contributed by atoms with Crippen LogP contribution in [0.5, 0.6) is 11.5 Å². The first-order chi connectivity index (χ1) is 11.9. The van der Waals surface area contributed by atoms with Crippen LogP contribution >= 0.6 is 0 Å². The lowest BCUT2D eigenvalue weighted by atomic mass is 10.1. The number of hydrogen-bond acceptors (Lipinski definition) is 4. The molecule has 4 rings (SSSR count). The van der Waals surface area contributed by atoms with Gasteiger partial charge in [0.15, 0.2) is 11.5 Å². The summed E-state index contributed by atoms with van der Waals surface area (Å²) < 4.78 is 39.8. The maximum atomic E-state index is 12.8. The predicted octanol–water partition coefficient (Wildman–Crippen LogP) is 3.04. The van der Waals surface area contributed by atoms with Gasteiger partial charge in [-0.25, -0.2) is 13.1 Å². The molecule has 0 atom stereocenters. The highest BCUT2D eigenvalue weighted by Crippen LogP contribution is 2.48. The third-order valence-electron chi connectivity index (χ3n) is 4.96. The lowest BCUT2D eigenvalue weighted by molar-refractivity contribution is 0.171. The fourth-order valence-corrected chi connectivity index (χ4v) is 4.65. The van der Waals surface area contributed by atoms with Gasteiger partial charge in [0.05, 0.1) is 10.4 Å². The second kappa shape index (κ2) is 5.75. The van der Waals surface area contributed by atoms with Crippen molar-refractivity contribution in [2.24, 2.45) is 0 Å². The molecule has 1 aliphatic heterocycles. The van der Waals surface area contributed by atoms with Gasteiger partial charge in [0.2, 0.25) is 10.0 Å². The summed E-state index contributed by atoms with van der Waals surface area (Å²) >= 11 is 0. The van der Waals surface area contributed by atoms with Crippen LogP contribution in [0.25, 0.3) is 0 Å². The minimum atomic E-state index is -3.59. The largest absolute Gasteiger partial charge is 0.486 e. The van der Waals surface area contributed by atoms with Gasteiger partial charge in [0, 0.05) is 0 Å². The molecule has 2 aliphatic rings. The van der Waals surface area contributed by atoms with E-state index in [4.69, 9.17) is 9.47 Å². The highest BCUT2D eigenvalue weighted by atomic mass is 32.2. The molecule has 0 spiro atoms. The average Bonchev–Trinajstić information content (AvgIpc) is 3.37. The zero-order valence-corrected chi connectivity index (χ0v) is 15.2. The molecule has 1 aliphatic carbocycles. The second-order valence-electron chi connectivity index (χ2n) is 6.79. The molecule has 25 heavy (non-hydrogen) atoms. The van der Waals surface area contributed by atoms with Gasteiger partial charge in [-0.05, 0) is 67.6 Å². The van der Waals surface area contributed by atoms with E-state index in [0.29, 0.717) is 29.6 Å². The van der Waals surface area contributed by atoms with Crippen LogP contribution in [-0.2, 0) is 15.6 Å².